The molecule has 20 heavy (non-hydrogen) atoms. The van der Waals surface area contributed by atoms with Crippen LogP contribution in [0.3, 0.4) is 0 Å². The van der Waals surface area contributed by atoms with Crippen molar-refractivity contribution in [3.05, 3.63) is 0 Å². The van der Waals surface area contributed by atoms with Gasteiger partial charge in [0.25, 0.3) is 0 Å². The number of methoxy groups -OCH3 is 1. The molecule has 1 aliphatic heterocycles. The first-order valence-electron chi connectivity index (χ1n) is 7.35. The summed E-state index contributed by atoms with van der Waals surface area (Å²) in [5.41, 5.74) is -0.620. The summed E-state index contributed by atoms with van der Waals surface area (Å²) in [6.07, 6.45) is 4.39. The van der Waals surface area contributed by atoms with Gasteiger partial charge in [0.15, 0.2) is 0 Å². The molecule has 6 nitrogen and oxygen atoms in total. The van der Waals surface area contributed by atoms with E-state index in [0.29, 0.717) is 26.4 Å². The zero-order chi connectivity index (χ0) is 14.4. The first-order chi connectivity index (χ1) is 9.68. The molecule has 2 fully saturated rings. The highest BCUT2D eigenvalue weighted by Crippen LogP contribution is 2.33. The van der Waals surface area contributed by atoms with Crippen molar-refractivity contribution in [3.8, 4) is 0 Å². The number of rotatable bonds is 7. The van der Waals surface area contributed by atoms with Crippen LogP contribution in [0.15, 0.2) is 0 Å². The molecule has 2 amide bonds. The average molecular weight is 284 g/mol. The second-order valence-electron chi connectivity index (χ2n) is 5.52. The van der Waals surface area contributed by atoms with Crippen molar-refractivity contribution < 1.29 is 19.1 Å². The van der Waals surface area contributed by atoms with Crippen molar-refractivity contribution in [2.75, 3.05) is 40.0 Å². The molecule has 0 unspecified atom stereocenters. The Kier molecular flexibility index (Phi) is 5.37. The third-order valence-electron chi connectivity index (χ3n) is 4.01. The van der Waals surface area contributed by atoms with E-state index >= 15 is 0 Å². The highest BCUT2D eigenvalue weighted by Gasteiger charge is 2.47. The Labute approximate surface area is 119 Å². The Hall–Kier alpha value is -1.14. The van der Waals surface area contributed by atoms with Crippen LogP contribution in [0.2, 0.25) is 0 Å². The molecule has 2 rings (SSSR count). The van der Waals surface area contributed by atoms with Gasteiger partial charge in [0.1, 0.15) is 5.54 Å². The van der Waals surface area contributed by atoms with E-state index in [-0.39, 0.29) is 18.4 Å². The largest absolute Gasteiger partial charge is 0.385 e. The monoisotopic (exact) mass is 284 g/mol. The zero-order valence-electron chi connectivity index (χ0n) is 12.2. The van der Waals surface area contributed by atoms with Gasteiger partial charge in [0.2, 0.25) is 11.8 Å². The van der Waals surface area contributed by atoms with Gasteiger partial charge in [0, 0.05) is 26.9 Å². The third-order valence-corrected chi connectivity index (χ3v) is 4.01. The number of hydrogen-bond acceptors (Lipinski definition) is 4. The van der Waals surface area contributed by atoms with Gasteiger partial charge in [0.05, 0.1) is 13.2 Å². The lowest BCUT2D eigenvalue weighted by molar-refractivity contribution is -0.150. The SMILES string of the molecule is COCCCOCCN1CC(=O)NC2(CCCC2)C1=O. The minimum absolute atomic E-state index is 0.0501. The molecule has 0 radical (unpaired) electrons. The van der Waals surface area contributed by atoms with Gasteiger partial charge in [-0.3, -0.25) is 9.59 Å². The van der Waals surface area contributed by atoms with E-state index in [1.54, 1.807) is 12.0 Å². The molecule has 1 spiro atoms. The summed E-state index contributed by atoms with van der Waals surface area (Å²) in [6, 6.07) is 0. The van der Waals surface area contributed by atoms with Gasteiger partial charge in [-0.05, 0) is 19.3 Å². The molecule has 1 saturated carbocycles. The Bertz CT molecular complexity index is 353. The molecular formula is C14H24N2O4. The number of nitrogens with one attached hydrogen (secondary N) is 1. The van der Waals surface area contributed by atoms with Gasteiger partial charge in [-0.25, -0.2) is 0 Å². The van der Waals surface area contributed by atoms with Crippen molar-refractivity contribution in [1.82, 2.24) is 10.2 Å². The predicted molar refractivity (Wildman–Crippen MR) is 73.2 cm³/mol. The fraction of sp³-hybridized carbons (Fsp3) is 0.857. The van der Waals surface area contributed by atoms with Crippen molar-refractivity contribution >= 4 is 11.8 Å². The molecule has 1 heterocycles. The number of hydrogen-bond donors (Lipinski definition) is 1. The molecule has 2 aliphatic rings. The third kappa shape index (κ3) is 3.49. The molecule has 0 aromatic heterocycles. The molecule has 0 atom stereocenters. The average Bonchev–Trinajstić information content (AvgIpc) is 2.88. The maximum atomic E-state index is 12.5. The smallest absolute Gasteiger partial charge is 0.248 e. The lowest BCUT2D eigenvalue weighted by Crippen LogP contribution is -2.65. The van der Waals surface area contributed by atoms with Crippen molar-refractivity contribution in [2.45, 2.75) is 37.6 Å². The normalized spacial score (nSPS) is 21.6. The highest BCUT2D eigenvalue weighted by molar-refractivity contribution is 5.98. The van der Waals surface area contributed by atoms with Crippen molar-refractivity contribution in [2.24, 2.45) is 0 Å². The fourth-order valence-corrected chi connectivity index (χ4v) is 2.99. The number of piperazine rings is 1. The van der Waals surface area contributed by atoms with Crippen LogP contribution in [0.1, 0.15) is 32.1 Å². The summed E-state index contributed by atoms with van der Waals surface area (Å²) in [7, 11) is 1.66. The summed E-state index contributed by atoms with van der Waals surface area (Å²) in [6.45, 7) is 2.41. The second kappa shape index (κ2) is 7.04. The molecular weight excluding hydrogens is 260 g/mol. The van der Waals surface area contributed by atoms with Gasteiger partial charge >= 0.3 is 0 Å². The minimum Gasteiger partial charge on any atom is -0.385 e. The van der Waals surface area contributed by atoms with Crippen LogP contribution < -0.4 is 5.32 Å². The Morgan fingerprint density at radius 3 is 2.65 bits per heavy atom. The molecule has 0 aromatic rings. The molecule has 6 heteroatoms. The molecule has 1 aliphatic carbocycles. The van der Waals surface area contributed by atoms with E-state index in [1.165, 1.54) is 0 Å². The standard InChI is InChI=1S/C14H24N2O4/c1-19-8-4-9-20-10-7-16-11-12(17)15-14(13(16)18)5-2-3-6-14/h2-11H2,1H3,(H,15,17). The first-order valence-corrected chi connectivity index (χ1v) is 7.35. The van der Waals surface area contributed by atoms with Crippen LogP contribution >= 0.6 is 0 Å². The topological polar surface area (TPSA) is 67.9 Å². The van der Waals surface area contributed by atoms with Crippen molar-refractivity contribution in [3.63, 3.8) is 0 Å². The van der Waals surface area contributed by atoms with Crippen molar-refractivity contribution in [1.29, 1.82) is 0 Å². The van der Waals surface area contributed by atoms with Crippen LogP contribution in [0.5, 0.6) is 0 Å². The molecule has 0 aromatic carbocycles. The quantitative estimate of drug-likeness (QED) is 0.683. The van der Waals surface area contributed by atoms with Crippen LogP contribution in [-0.2, 0) is 19.1 Å². The number of amides is 2. The van der Waals surface area contributed by atoms with Crippen LogP contribution in [0.4, 0.5) is 0 Å². The Balaban J connectivity index is 1.78. The first kappa shape index (κ1) is 15.3. The van der Waals surface area contributed by atoms with E-state index in [0.717, 1.165) is 32.1 Å². The van der Waals surface area contributed by atoms with Crippen LogP contribution in [-0.4, -0.2) is 62.3 Å². The zero-order valence-corrected chi connectivity index (χ0v) is 12.2. The molecule has 1 N–H and O–H groups in total. The van der Waals surface area contributed by atoms with E-state index in [1.807, 2.05) is 0 Å². The van der Waals surface area contributed by atoms with Gasteiger partial charge in [-0.2, -0.15) is 0 Å². The predicted octanol–water partition coefficient (Wildman–Crippen LogP) is 0.311. The van der Waals surface area contributed by atoms with Gasteiger partial charge in [-0.1, -0.05) is 12.8 Å². The lowest BCUT2D eigenvalue weighted by atomic mass is 9.93. The lowest BCUT2D eigenvalue weighted by Gasteiger charge is -2.39. The van der Waals surface area contributed by atoms with Crippen LogP contribution in [0, 0.1) is 0 Å². The highest BCUT2D eigenvalue weighted by atomic mass is 16.5. The Morgan fingerprint density at radius 1 is 1.20 bits per heavy atom. The summed E-state index contributed by atoms with van der Waals surface area (Å²) < 4.78 is 10.4. The Morgan fingerprint density at radius 2 is 1.95 bits per heavy atom. The maximum absolute atomic E-state index is 12.5. The molecule has 0 bridgehead atoms. The van der Waals surface area contributed by atoms with Gasteiger partial charge < -0.3 is 19.7 Å². The summed E-state index contributed by atoms with van der Waals surface area (Å²) in [5.74, 6) is 0.0148. The summed E-state index contributed by atoms with van der Waals surface area (Å²) >= 11 is 0. The summed E-state index contributed by atoms with van der Waals surface area (Å²) in [5, 5.41) is 2.90. The van der Waals surface area contributed by atoms with E-state index in [9.17, 15) is 9.59 Å². The number of ether oxygens (including phenoxy) is 2. The van der Waals surface area contributed by atoms with E-state index in [2.05, 4.69) is 5.32 Å². The number of carbonyl (C=O) groups is 2. The maximum Gasteiger partial charge on any atom is 0.248 e. The molecule has 114 valence electrons. The van der Waals surface area contributed by atoms with Crippen LogP contribution in [0.25, 0.3) is 0 Å². The van der Waals surface area contributed by atoms with E-state index in [4.69, 9.17) is 9.47 Å². The van der Waals surface area contributed by atoms with E-state index < -0.39 is 5.54 Å². The number of carbonyl (C=O) groups excluding carboxylic acids is 2. The second-order valence-corrected chi connectivity index (χ2v) is 5.52. The molecule has 1 saturated heterocycles. The minimum atomic E-state index is -0.620. The fourth-order valence-electron chi connectivity index (χ4n) is 2.99. The number of nitrogens with zero attached hydrogens (tertiary/aromatic N) is 1. The summed E-state index contributed by atoms with van der Waals surface area (Å²) in [4.78, 5) is 25.9. The van der Waals surface area contributed by atoms with Gasteiger partial charge in [-0.15, -0.1) is 0 Å².